The van der Waals surface area contributed by atoms with E-state index in [1.807, 2.05) is 0 Å². The molecule has 1 amide bonds. The van der Waals surface area contributed by atoms with Crippen LogP contribution >= 0.6 is 0 Å². The number of nitrogens with one attached hydrogen (secondary N) is 1. The van der Waals surface area contributed by atoms with Crippen LogP contribution in [0.15, 0.2) is 0 Å². The molecule has 0 fully saturated rings. The predicted octanol–water partition coefficient (Wildman–Crippen LogP) is 1.92. The van der Waals surface area contributed by atoms with E-state index in [-0.39, 0.29) is 48.6 Å². The number of carbonyl (C=O) groups is 3. The number of hydrogen-bond donors (Lipinski definition) is 3. The number of unbranched alkanes of at least 4 members (excludes halogenated alkanes) is 8. The Balaban J connectivity index is 0. The Hall–Kier alpha value is -0.680. The van der Waals surface area contributed by atoms with Crippen molar-refractivity contribution >= 4 is 57.5 Å². The van der Waals surface area contributed by atoms with Gasteiger partial charge in [0.05, 0.1) is 13.0 Å². The molecule has 165 valence electrons. The minimum Gasteiger partial charge on any atom is -0.481 e. The molecule has 0 spiro atoms. The van der Waals surface area contributed by atoms with Crippen LogP contribution in [0.3, 0.4) is 0 Å². The Kier molecular flexibility index (Phi) is 19.1. The molecule has 11 heteroatoms. The summed E-state index contributed by atoms with van der Waals surface area (Å²) in [7, 11) is -4.88. The largest absolute Gasteiger partial charge is 0.481 e. The topological polar surface area (TPSA) is 147 Å². The summed E-state index contributed by atoms with van der Waals surface area (Å²) in [6.07, 6.45) is 9.56. The van der Waals surface area contributed by atoms with Gasteiger partial charge in [-0.25, -0.2) is 0 Å². The Morgan fingerprint density at radius 2 is 1.48 bits per heavy atom. The van der Waals surface area contributed by atoms with Crippen LogP contribution in [-0.4, -0.2) is 83.9 Å². The Labute approximate surface area is 195 Å². The summed E-state index contributed by atoms with van der Waals surface area (Å²) >= 11 is 0. The monoisotopic (exact) mass is 446 g/mol. The van der Waals surface area contributed by atoms with Gasteiger partial charge in [0, 0.05) is 36.0 Å². The molecular weight excluding hydrogens is 413 g/mol. The first-order chi connectivity index (χ1) is 13.2. The van der Waals surface area contributed by atoms with E-state index in [4.69, 9.17) is 9.66 Å². The number of carbonyl (C=O) groups excluding carboxylic acids is 2. The maximum Gasteiger partial charge on any atom is 0.327 e. The van der Waals surface area contributed by atoms with Gasteiger partial charge in [0.2, 0.25) is 5.91 Å². The summed E-state index contributed by atoms with van der Waals surface area (Å²) in [5.41, 5.74) is 0. The van der Waals surface area contributed by atoms with E-state index >= 15 is 0 Å². The van der Waals surface area contributed by atoms with Crippen molar-refractivity contribution in [2.24, 2.45) is 0 Å². The molecule has 0 aliphatic carbocycles. The van der Waals surface area contributed by atoms with Crippen molar-refractivity contribution in [1.29, 1.82) is 0 Å². The third-order valence-electron chi connectivity index (χ3n) is 4.16. The van der Waals surface area contributed by atoms with Gasteiger partial charge in [0.15, 0.2) is 5.25 Å². The van der Waals surface area contributed by atoms with Gasteiger partial charge in [-0.05, 0) is 6.42 Å². The molecule has 0 bridgehead atoms. The molecule has 3 N–H and O–H groups in total. The molecule has 1 unspecified atom stereocenters. The molecule has 0 aromatic carbocycles. The summed E-state index contributed by atoms with van der Waals surface area (Å²) in [6.45, 7) is 1.85. The van der Waals surface area contributed by atoms with Crippen molar-refractivity contribution in [3.8, 4) is 0 Å². The van der Waals surface area contributed by atoms with Gasteiger partial charge in [0.1, 0.15) is 6.61 Å². The maximum atomic E-state index is 11.7. The van der Waals surface area contributed by atoms with Gasteiger partial charge in [0.25, 0.3) is 10.1 Å². The van der Waals surface area contributed by atoms with Crippen LogP contribution in [0.4, 0.5) is 0 Å². The van der Waals surface area contributed by atoms with Gasteiger partial charge in [-0.3, -0.25) is 18.9 Å². The fourth-order valence-corrected chi connectivity index (χ4v) is 3.25. The van der Waals surface area contributed by atoms with Crippen LogP contribution in [0.1, 0.15) is 77.6 Å². The minimum atomic E-state index is -4.88. The van der Waals surface area contributed by atoms with Crippen LogP contribution in [0.25, 0.3) is 0 Å². The number of carboxylic acids is 1. The van der Waals surface area contributed by atoms with Crippen molar-refractivity contribution in [3.63, 3.8) is 0 Å². The second-order valence-corrected chi connectivity index (χ2v) is 8.30. The second kappa shape index (κ2) is 18.1. The van der Waals surface area contributed by atoms with Crippen molar-refractivity contribution in [3.05, 3.63) is 0 Å². The van der Waals surface area contributed by atoms with Gasteiger partial charge in [-0.1, -0.05) is 58.3 Å². The van der Waals surface area contributed by atoms with Crippen molar-refractivity contribution < 1.29 is 37.2 Å². The standard InChI is InChI=1S/C18H33NO8S.Na/c1-2-3-4-5-6-7-8-9-10-11-16(20)19-12-13-27-18(23)15(14-17(21)22)28(24,25)26;/h15H,2-14H2,1H3,(H,19,20)(H,21,22)(H,24,25,26);. The third kappa shape index (κ3) is 17.9. The van der Waals surface area contributed by atoms with Gasteiger partial charge in [-0.15, -0.1) is 0 Å². The molecule has 0 saturated carbocycles. The average Bonchev–Trinajstić information content (AvgIpc) is 2.60. The molecule has 1 radical (unpaired) electrons. The van der Waals surface area contributed by atoms with E-state index in [1.165, 1.54) is 38.5 Å². The first-order valence-electron chi connectivity index (χ1n) is 9.80. The van der Waals surface area contributed by atoms with E-state index in [2.05, 4.69) is 17.0 Å². The molecule has 29 heavy (non-hydrogen) atoms. The minimum absolute atomic E-state index is 0. The van der Waals surface area contributed by atoms with E-state index in [1.54, 1.807) is 0 Å². The fourth-order valence-electron chi connectivity index (χ4n) is 2.59. The van der Waals surface area contributed by atoms with Gasteiger partial charge < -0.3 is 15.2 Å². The zero-order valence-electron chi connectivity index (χ0n) is 17.5. The summed E-state index contributed by atoms with van der Waals surface area (Å²) < 4.78 is 35.6. The average molecular weight is 447 g/mol. The zero-order valence-corrected chi connectivity index (χ0v) is 20.3. The van der Waals surface area contributed by atoms with E-state index in [9.17, 15) is 22.8 Å². The summed E-state index contributed by atoms with van der Waals surface area (Å²) in [6, 6.07) is 0. The van der Waals surface area contributed by atoms with Gasteiger partial charge in [-0.2, -0.15) is 8.42 Å². The SMILES string of the molecule is CCCCCCCCCCCC(=O)NCCOC(=O)C(CC(=O)O)S(=O)(=O)O.[Na]. The van der Waals surface area contributed by atoms with Crippen LogP contribution in [-0.2, 0) is 29.2 Å². The van der Waals surface area contributed by atoms with Crippen molar-refractivity contribution in [1.82, 2.24) is 5.32 Å². The normalized spacial score (nSPS) is 11.9. The number of rotatable bonds is 17. The summed E-state index contributed by atoms with van der Waals surface area (Å²) in [5, 5.41) is 8.94. The van der Waals surface area contributed by atoms with Crippen molar-refractivity contribution in [2.75, 3.05) is 13.2 Å². The smallest absolute Gasteiger partial charge is 0.327 e. The van der Waals surface area contributed by atoms with Crippen LogP contribution in [0.2, 0.25) is 0 Å². The van der Waals surface area contributed by atoms with Crippen LogP contribution in [0.5, 0.6) is 0 Å². The summed E-state index contributed by atoms with van der Waals surface area (Å²) in [5.74, 6) is -3.12. The van der Waals surface area contributed by atoms with E-state index in [0.717, 1.165) is 19.3 Å². The van der Waals surface area contributed by atoms with Crippen LogP contribution < -0.4 is 5.32 Å². The molecule has 0 aromatic rings. The maximum absolute atomic E-state index is 11.7. The molecule has 0 saturated heterocycles. The number of aliphatic carboxylic acids is 1. The molecule has 1 atom stereocenters. The zero-order chi connectivity index (χ0) is 21.4. The first-order valence-corrected chi connectivity index (χ1v) is 11.3. The quantitative estimate of drug-likeness (QED) is 0.133. The Morgan fingerprint density at radius 1 is 0.966 bits per heavy atom. The molecule has 9 nitrogen and oxygen atoms in total. The fraction of sp³-hybridized carbons (Fsp3) is 0.833. The van der Waals surface area contributed by atoms with Crippen molar-refractivity contribution in [2.45, 2.75) is 82.8 Å². The number of amides is 1. The second-order valence-electron chi connectivity index (χ2n) is 6.70. The number of esters is 1. The Morgan fingerprint density at radius 3 is 1.97 bits per heavy atom. The number of ether oxygens (including phenoxy) is 1. The molecule has 0 rings (SSSR count). The third-order valence-corrected chi connectivity index (χ3v) is 5.24. The molecule has 0 aliphatic rings. The molecule has 0 aromatic heterocycles. The molecule has 0 heterocycles. The summed E-state index contributed by atoms with van der Waals surface area (Å²) in [4.78, 5) is 33.8. The number of hydrogen-bond acceptors (Lipinski definition) is 6. The predicted molar refractivity (Wildman–Crippen MR) is 109 cm³/mol. The van der Waals surface area contributed by atoms with E-state index < -0.39 is 33.7 Å². The molecular formula is C18H33NNaO8S. The van der Waals surface area contributed by atoms with E-state index in [0.29, 0.717) is 6.42 Å². The first kappa shape index (κ1) is 30.5. The van der Waals surface area contributed by atoms with Gasteiger partial charge >= 0.3 is 11.9 Å². The Bertz CT molecular complexity index is 582. The van der Waals surface area contributed by atoms with Crippen LogP contribution in [0, 0.1) is 0 Å². The molecule has 0 aliphatic heterocycles. The number of carboxylic acid groups (broad SMARTS) is 1.